The molecule has 0 fully saturated rings. The topological polar surface area (TPSA) is 38.9 Å². The molecule has 1 aromatic carbocycles. The molecule has 0 amide bonds. The molecule has 2 heteroatoms. The second-order valence-corrected chi connectivity index (χ2v) is 3.29. The Labute approximate surface area is 77.4 Å². The molecule has 0 atom stereocenters. The molecule has 0 saturated carbocycles. The molecule has 0 bridgehead atoms. The lowest BCUT2D eigenvalue weighted by atomic mass is 10.1. The van der Waals surface area contributed by atoms with E-state index in [0.717, 1.165) is 22.5 Å². The van der Waals surface area contributed by atoms with E-state index in [1.807, 2.05) is 26.0 Å². The highest BCUT2D eigenvalue weighted by Gasteiger charge is 2.02. The van der Waals surface area contributed by atoms with Crippen molar-refractivity contribution in [2.45, 2.75) is 13.8 Å². The Bertz CT molecular complexity index is 461. The second-order valence-electron chi connectivity index (χ2n) is 3.29. The molecule has 0 aliphatic carbocycles. The predicted molar refractivity (Wildman–Crippen MR) is 55.6 cm³/mol. The number of nitrogen functional groups attached to an aromatic ring is 1. The van der Waals surface area contributed by atoms with Crippen molar-refractivity contribution in [1.29, 1.82) is 0 Å². The Kier molecular flexibility index (Phi) is 1.69. The minimum Gasteiger partial charge on any atom is -0.398 e. The first-order valence-corrected chi connectivity index (χ1v) is 4.31. The van der Waals surface area contributed by atoms with Crippen LogP contribution in [0.4, 0.5) is 5.69 Å². The molecule has 2 aromatic rings. The normalized spacial score (nSPS) is 10.6. The smallest absolute Gasteiger partial charge is 0.0474 e. The van der Waals surface area contributed by atoms with Gasteiger partial charge >= 0.3 is 0 Å². The second kappa shape index (κ2) is 2.73. The third-order valence-corrected chi connectivity index (χ3v) is 2.20. The van der Waals surface area contributed by atoms with Gasteiger partial charge in [0.2, 0.25) is 0 Å². The summed E-state index contributed by atoms with van der Waals surface area (Å²) in [5.74, 6) is 0. The third kappa shape index (κ3) is 1.24. The molecule has 0 spiro atoms. The fraction of sp³-hybridized carbons (Fsp3) is 0.182. The van der Waals surface area contributed by atoms with Crippen LogP contribution >= 0.6 is 0 Å². The molecule has 0 saturated heterocycles. The van der Waals surface area contributed by atoms with Crippen LogP contribution in [0.2, 0.25) is 0 Å². The zero-order valence-corrected chi connectivity index (χ0v) is 7.83. The van der Waals surface area contributed by atoms with E-state index in [9.17, 15) is 0 Å². The van der Waals surface area contributed by atoms with Crippen LogP contribution in [0.3, 0.4) is 0 Å². The molecule has 1 heterocycles. The van der Waals surface area contributed by atoms with E-state index in [4.69, 9.17) is 5.73 Å². The maximum Gasteiger partial charge on any atom is 0.0474 e. The van der Waals surface area contributed by atoms with E-state index in [1.165, 1.54) is 5.39 Å². The van der Waals surface area contributed by atoms with Gasteiger partial charge < -0.3 is 5.73 Å². The average Bonchev–Trinajstić information content (AvgIpc) is 2.02. The number of hydrogen-bond donors (Lipinski definition) is 1. The van der Waals surface area contributed by atoms with Crippen LogP contribution in [-0.2, 0) is 0 Å². The van der Waals surface area contributed by atoms with Gasteiger partial charge in [-0.3, -0.25) is 4.98 Å². The number of benzene rings is 1. The van der Waals surface area contributed by atoms with Crippen molar-refractivity contribution in [3.8, 4) is 0 Å². The van der Waals surface area contributed by atoms with Gasteiger partial charge in [0, 0.05) is 22.5 Å². The summed E-state index contributed by atoms with van der Waals surface area (Å²) in [6.07, 6.45) is 0. The summed E-state index contributed by atoms with van der Waals surface area (Å²) in [4.78, 5) is 4.38. The number of aromatic nitrogens is 1. The molecule has 0 radical (unpaired) electrons. The van der Waals surface area contributed by atoms with Crippen LogP contribution < -0.4 is 5.73 Å². The quantitative estimate of drug-likeness (QED) is 0.620. The van der Waals surface area contributed by atoms with Crippen LogP contribution in [0.25, 0.3) is 10.8 Å². The van der Waals surface area contributed by atoms with Crippen LogP contribution in [-0.4, -0.2) is 4.98 Å². The molecule has 66 valence electrons. The zero-order valence-electron chi connectivity index (χ0n) is 7.83. The largest absolute Gasteiger partial charge is 0.398 e. The minimum absolute atomic E-state index is 0.808. The van der Waals surface area contributed by atoms with E-state index in [-0.39, 0.29) is 0 Å². The first-order chi connectivity index (χ1) is 6.18. The highest BCUT2D eigenvalue weighted by molar-refractivity contribution is 5.94. The van der Waals surface area contributed by atoms with Crippen molar-refractivity contribution < 1.29 is 0 Å². The minimum atomic E-state index is 0.808. The van der Waals surface area contributed by atoms with Crippen LogP contribution in [0.5, 0.6) is 0 Å². The predicted octanol–water partition coefficient (Wildman–Crippen LogP) is 2.43. The summed E-state index contributed by atoms with van der Waals surface area (Å²) in [6, 6.07) is 7.99. The van der Waals surface area contributed by atoms with Crippen molar-refractivity contribution in [2.24, 2.45) is 0 Å². The molecule has 1 aromatic heterocycles. The van der Waals surface area contributed by atoms with Gasteiger partial charge in [-0.2, -0.15) is 0 Å². The maximum atomic E-state index is 5.87. The summed E-state index contributed by atoms with van der Waals surface area (Å²) in [5.41, 5.74) is 8.72. The van der Waals surface area contributed by atoms with Crippen molar-refractivity contribution in [1.82, 2.24) is 4.98 Å². The fourth-order valence-electron chi connectivity index (χ4n) is 1.70. The first kappa shape index (κ1) is 8.05. The maximum absolute atomic E-state index is 5.87. The van der Waals surface area contributed by atoms with E-state index >= 15 is 0 Å². The summed E-state index contributed by atoms with van der Waals surface area (Å²) in [7, 11) is 0. The van der Waals surface area contributed by atoms with Gasteiger partial charge in [0.1, 0.15) is 0 Å². The van der Waals surface area contributed by atoms with E-state index in [1.54, 1.807) is 0 Å². The van der Waals surface area contributed by atoms with Gasteiger partial charge in [-0.1, -0.05) is 12.1 Å². The monoisotopic (exact) mass is 172 g/mol. The lowest BCUT2D eigenvalue weighted by molar-refractivity contribution is 1.15. The number of hydrogen-bond acceptors (Lipinski definition) is 2. The number of rotatable bonds is 0. The van der Waals surface area contributed by atoms with Crippen LogP contribution in [0.1, 0.15) is 11.4 Å². The molecule has 0 aliphatic heterocycles. The molecule has 13 heavy (non-hydrogen) atoms. The number of anilines is 1. The van der Waals surface area contributed by atoms with E-state index in [2.05, 4.69) is 17.1 Å². The first-order valence-electron chi connectivity index (χ1n) is 4.31. The molecule has 2 nitrogen and oxygen atoms in total. The lowest BCUT2D eigenvalue weighted by Gasteiger charge is -2.05. The van der Waals surface area contributed by atoms with Crippen molar-refractivity contribution in [2.75, 3.05) is 5.73 Å². The number of pyridine rings is 1. The van der Waals surface area contributed by atoms with Crippen LogP contribution in [0, 0.1) is 13.8 Å². The third-order valence-electron chi connectivity index (χ3n) is 2.20. The lowest BCUT2D eigenvalue weighted by Crippen LogP contribution is -1.93. The van der Waals surface area contributed by atoms with Crippen LogP contribution in [0.15, 0.2) is 24.3 Å². The van der Waals surface area contributed by atoms with Gasteiger partial charge in [-0.15, -0.1) is 0 Å². The van der Waals surface area contributed by atoms with E-state index < -0.39 is 0 Å². The summed E-state index contributed by atoms with van der Waals surface area (Å²) >= 11 is 0. The van der Waals surface area contributed by atoms with Gasteiger partial charge in [-0.05, 0) is 31.4 Å². The van der Waals surface area contributed by atoms with Gasteiger partial charge in [0.15, 0.2) is 0 Å². The highest BCUT2D eigenvalue weighted by atomic mass is 14.7. The Morgan fingerprint density at radius 1 is 1.23 bits per heavy atom. The highest BCUT2D eigenvalue weighted by Crippen LogP contribution is 2.23. The standard InChI is InChI=1S/C11H12N2/c1-7-6-9-4-3-5-10(12)11(9)8(2)13-7/h3-6H,12H2,1-2H3. The number of fused-ring (bicyclic) bond motifs is 1. The SMILES string of the molecule is Cc1cc2cccc(N)c2c(C)n1. The summed E-state index contributed by atoms with van der Waals surface area (Å²) in [5, 5.41) is 2.25. The molecule has 0 unspecified atom stereocenters. The Morgan fingerprint density at radius 2 is 2.00 bits per heavy atom. The Morgan fingerprint density at radius 3 is 2.77 bits per heavy atom. The molecule has 0 aliphatic rings. The molecule has 2 N–H and O–H groups in total. The van der Waals surface area contributed by atoms with Crippen molar-refractivity contribution in [3.63, 3.8) is 0 Å². The molecule has 2 rings (SSSR count). The van der Waals surface area contributed by atoms with Gasteiger partial charge in [0.25, 0.3) is 0 Å². The fourth-order valence-corrected chi connectivity index (χ4v) is 1.70. The zero-order chi connectivity index (χ0) is 9.42. The van der Waals surface area contributed by atoms with E-state index in [0.29, 0.717) is 0 Å². The Balaban J connectivity index is 2.94. The summed E-state index contributed by atoms with van der Waals surface area (Å²) < 4.78 is 0. The molecular formula is C11H12N2. The molecular weight excluding hydrogens is 160 g/mol. The number of aryl methyl sites for hydroxylation is 2. The van der Waals surface area contributed by atoms with Gasteiger partial charge in [0.05, 0.1) is 0 Å². The summed E-state index contributed by atoms with van der Waals surface area (Å²) in [6.45, 7) is 3.99. The average molecular weight is 172 g/mol. The van der Waals surface area contributed by atoms with Crippen molar-refractivity contribution >= 4 is 16.5 Å². The van der Waals surface area contributed by atoms with Crippen molar-refractivity contribution in [3.05, 3.63) is 35.7 Å². The number of nitrogens with two attached hydrogens (primary N) is 1. The van der Waals surface area contributed by atoms with Gasteiger partial charge in [-0.25, -0.2) is 0 Å². The number of nitrogens with zero attached hydrogens (tertiary/aromatic N) is 1. The Hall–Kier alpha value is -1.57.